The first-order valence-electron chi connectivity index (χ1n) is 5.77. The van der Waals surface area contributed by atoms with Crippen molar-refractivity contribution in [1.29, 1.82) is 0 Å². The van der Waals surface area contributed by atoms with Crippen molar-refractivity contribution < 1.29 is 14.6 Å². The summed E-state index contributed by atoms with van der Waals surface area (Å²) in [5.41, 5.74) is 0. The average molecular weight is 215 g/mol. The van der Waals surface area contributed by atoms with Crippen molar-refractivity contribution >= 4 is 5.97 Å². The summed E-state index contributed by atoms with van der Waals surface area (Å²) in [5, 5.41) is 8.65. The van der Waals surface area contributed by atoms with Crippen LogP contribution < -0.4 is 0 Å². The number of piperidine rings is 1. The monoisotopic (exact) mass is 215 g/mol. The number of likely N-dealkylation sites (tertiary alicyclic amines) is 1. The molecule has 4 heteroatoms. The molecule has 0 bridgehead atoms. The van der Waals surface area contributed by atoms with Crippen molar-refractivity contribution in [3.63, 3.8) is 0 Å². The third kappa shape index (κ3) is 4.62. The largest absolute Gasteiger partial charge is 0.481 e. The minimum absolute atomic E-state index is 0.239. The Balaban J connectivity index is 2.32. The molecule has 0 spiro atoms. The molecule has 0 unspecified atom stereocenters. The van der Waals surface area contributed by atoms with E-state index in [-0.39, 0.29) is 6.42 Å². The molecule has 0 radical (unpaired) electrons. The van der Waals surface area contributed by atoms with Crippen molar-refractivity contribution in [1.82, 2.24) is 4.90 Å². The number of carbonyl (C=O) groups is 1. The molecule has 1 fully saturated rings. The van der Waals surface area contributed by atoms with Gasteiger partial charge < -0.3 is 9.84 Å². The van der Waals surface area contributed by atoms with Gasteiger partial charge in [-0.15, -0.1) is 0 Å². The predicted molar refractivity (Wildman–Crippen MR) is 58.0 cm³/mol. The molecule has 88 valence electrons. The Morgan fingerprint density at radius 3 is 3.00 bits per heavy atom. The van der Waals surface area contributed by atoms with E-state index < -0.39 is 5.97 Å². The molecule has 0 aliphatic carbocycles. The first kappa shape index (κ1) is 12.5. The van der Waals surface area contributed by atoms with Gasteiger partial charge in [-0.25, -0.2) is 0 Å². The zero-order chi connectivity index (χ0) is 11.1. The van der Waals surface area contributed by atoms with Gasteiger partial charge in [-0.1, -0.05) is 6.42 Å². The number of nitrogens with zero attached hydrogens (tertiary/aromatic N) is 1. The van der Waals surface area contributed by atoms with E-state index in [0.717, 1.165) is 26.2 Å². The molecule has 1 N–H and O–H groups in total. The number of rotatable bonds is 6. The lowest BCUT2D eigenvalue weighted by Crippen LogP contribution is -2.43. The highest BCUT2D eigenvalue weighted by Gasteiger charge is 2.22. The predicted octanol–water partition coefficient (Wildman–Crippen LogP) is 1.35. The Labute approximate surface area is 91.2 Å². The Morgan fingerprint density at radius 2 is 2.33 bits per heavy atom. The Bertz CT molecular complexity index is 196. The van der Waals surface area contributed by atoms with Crippen LogP contribution in [0.5, 0.6) is 0 Å². The summed E-state index contributed by atoms with van der Waals surface area (Å²) in [4.78, 5) is 12.8. The summed E-state index contributed by atoms with van der Waals surface area (Å²) in [7, 11) is 0. The topological polar surface area (TPSA) is 49.8 Å². The van der Waals surface area contributed by atoms with Gasteiger partial charge in [0, 0.05) is 19.2 Å². The van der Waals surface area contributed by atoms with Crippen molar-refractivity contribution in [2.75, 3.05) is 26.3 Å². The molecule has 0 aromatic rings. The number of carboxylic acid groups (broad SMARTS) is 1. The van der Waals surface area contributed by atoms with Gasteiger partial charge in [0.15, 0.2) is 0 Å². The van der Waals surface area contributed by atoms with Gasteiger partial charge in [-0.05, 0) is 26.3 Å². The molecule has 1 aliphatic heterocycles. The highest BCUT2D eigenvalue weighted by Crippen LogP contribution is 2.17. The van der Waals surface area contributed by atoms with Crippen molar-refractivity contribution in [3.05, 3.63) is 0 Å². The fourth-order valence-electron chi connectivity index (χ4n) is 2.04. The fourth-order valence-corrected chi connectivity index (χ4v) is 2.04. The molecule has 1 heterocycles. The van der Waals surface area contributed by atoms with Gasteiger partial charge in [0.25, 0.3) is 0 Å². The zero-order valence-corrected chi connectivity index (χ0v) is 9.45. The first-order valence-corrected chi connectivity index (χ1v) is 5.77. The quantitative estimate of drug-likeness (QED) is 0.726. The van der Waals surface area contributed by atoms with Crippen molar-refractivity contribution in [3.8, 4) is 0 Å². The average Bonchev–Trinajstić information content (AvgIpc) is 2.24. The molecule has 0 saturated carbocycles. The van der Waals surface area contributed by atoms with Gasteiger partial charge in [0.1, 0.15) is 0 Å². The van der Waals surface area contributed by atoms with Crippen LogP contribution >= 0.6 is 0 Å². The van der Waals surface area contributed by atoms with Crippen LogP contribution in [0.4, 0.5) is 0 Å². The normalized spacial score (nSPS) is 22.9. The third-order valence-corrected chi connectivity index (χ3v) is 2.88. The van der Waals surface area contributed by atoms with E-state index in [0.29, 0.717) is 12.6 Å². The minimum Gasteiger partial charge on any atom is -0.481 e. The highest BCUT2D eigenvalue weighted by atomic mass is 16.5. The summed E-state index contributed by atoms with van der Waals surface area (Å²) in [6.07, 6.45) is 3.80. The number of hydrogen-bond acceptors (Lipinski definition) is 3. The highest BCUT2D eigenvalue weighted by molar-refractivity contribution is 5.66. The smallest absolute Gasteiger partial charge is 0.304 e. The maximum atomic E-state index is 10.5. The Kier molecular flexibility index (Phi) is 5.65. The van der Waals surface area contributed by atoms with E-state index in [1.807, 2.05) is 6.92 Å². The summed E-state index contributed by atoms with van der Waals surface area (Å²) in [6.45, 7) is 5.15. The summed E-state index contributed by atoms with van der Waals surface area (Å²) < 4.78 is 5.42. The lowest BCUT2D eigenvalue weighted by atomic mass is 10.0. The van der Waals surface area contributed by atoms with Crippen LogP contribution in [-0.4, -0.2) is 48.3 Å². The van der Waals surface area contributed by atoms with Gasteiger partial charge in [-0.3, -0.25) is 9.69 Å². The van der Waals surface area contributed by atoms with Gasteiger partial charge in [-0.2, -0.15) is 0 Å². The Morgan fingerprint density at radius 1 is 1.53 bits per heavy atom. The van der Waals surface area contributed by atoms with Crippen LogP contribution in [0.1, 0.15) is 32.6 Å². The first-order chi connectivity index (χ1) is 7.24. The molecule has 4 nitrogen and oxygen atoms in total. The van der Waals surface area contributed by atoms with Crippen LogP contribution in [0.2, 0.25) is 0 Å². The van der Waals surface area contributed by atoms with Crippen molar-refractivity contribution in [2.45, 2.75) is 38.6 Å². The number of hydrogen-bond donors (Lipinski definition) is 1. The zero-order valence-electron chi connectivity index (χ0n) is 9.45. The molecule has 1 aliphatic rings. The van der Waals surface area contributed by atoms with Crippen LogP contribution in [0, 0.1) is 0 Å². The third-order valence-electron chi connectivity index (χ3n) is 2.88. The van der Waals surface area contributed by atoms with Crippen LogP contribution in [-0.2, 0) is 9.53 Å². The standard InChI is InChI=1S/C11H21NO3/c1-2-15-9-10-5-3-4-7-12(10)8-6-11(13)14/h10H,2-9H2,1H3,(H,13,14)/t10-/m0/s1. The molecule has 0 aromatic carbocycles. The van der Waals surface area contributed by atoms with Crippen LogP contribution in [0.25, 0.3) is 0 Å². The molecular weight excluding hydrogens is 194 g/mol. The molecular formula is C11H21NO3. The summed E-state index contributed by atoms with van der Waals surface area (Å²) in [6, 6.07) is 0.429. The number of ether oxygens (including phenoxy) is 1. The number of aliphatic carboxylic acids is 1. The lowest BCUT2D eigenvalue weighted by molar-refractivity contribution is -0.137. The van der Waals surface area contributed by atoms with Gasteiger partial charge >= 0.3 is 5.97 Å². The SMILES string of the molecule is CCOC[C@@H]1CCCCN1CCC(=O)O. The summed E-state index contributed by atoms with van der Waals surface area (Å²) in [5.74, 6) is -0.712. The maximum absolute atomic E-state index is 10.5. The van der Waals surface area contributed by atoms with Gasteiger partial charge in [0.2, 0.25) is 0 Å². The van der Waals surface area contributed by atoms with E-state index in [4.69, 9.17) is 9.84 Å². The Hall–Kier alpha value is -0.610. The fraction of sp³-hybridized carbons (Fsp3) is 0.909. The number of carboxylic acids is 1. The molecule has 1 rings (SSSR count). The molecule has 15 heavy (non-hydrogen) atoms. The summed E-state index contributed by atoms with van der Waals surface area (Å²) >= 11 is 0. The second kappa shape index (κ2) is 6.80. The van der Waals surface area contributed by atoms with Crippen LogP contribution in [0.15, 0.2) is 0 Å². The maximum Gasteiger partial charge on any atom is 0.304 e. The molecule has 0 amide bonds. The second-order valence-electron chi connectivity index (χ2n) is 3.99. The van der Waals surface area contributed by atoms with Crippen molar-refractivity contribution in [2.24, 2.45) is 0 Å². The minimum atomic E-state index is -0.712. The van der Waals surface area contributed by atoms with E-state index in [9.17, 15) is 4.79 Å². The van der Waals surface area contributed by atoms with Crippen LogP contribution in [0.3, 0.4) is 0 Å². The second-order valence-corrected chi connectivity index (χ2v) is 3.99. The van der Waals surface area contributed by atoms with E-state index in [1.54, 1.807) is 0 Å². The lowest BCUT2D eigenvalue weighted by Gasteiger charge is -2.35. The molecule has 1 atom stereocenters. The van der Waals surface area contributed by atoms with Gasteiger partial charge in [0.05, 0.1) is 13.0 Å². The van der Waals surface area contributed by atoms with E-state index >= 15 is 0 Å². The molecule has 0 aromatic heterocycles. The van der Waals surface area contributed by atoms with E-state index in [1.165, 1.54) is 12.8 Å². The molecule has 1 saturated heterocycles. The van der Waals surface area contributed by atoms with E-state index in [2.05, 4.69) is 4.90 Å².